The molecular formula is C15H23NO. The Hall–Kier alpha value is -1.18. The van der Waals surface area contributed by atoms with Gasteiger partial charge in [0.25, 0.3) is 0 Å². The van der Waals surface area contributed by atoms with Crippen LogP contribution in [0, 0.1) is 6.92 Å². The second kappa shape index (κ2) is 7.99. The minimum Gasteiger partial charge on any atom is -0.294 e. The quantitative estimate of drug-likeness (QED) is 0.494. The minimum atomic E-state index is 0.242. The van der Waals surface area contributed by atoms with Crippen molar-refractivity contribution in [3.05, 3.63) is 29.6 Å². The molecule has 0 radical (unpaired) electrons. The van der Waals surface area contributed by atoms with E-state index in [1.807, 2.05) is 13.0 Å². The van der Waals surface area contributed by atoms with Crippen molar-refractivity contribution < 1.29 is 4.79 Å². The molecule has 0 saturated heterocycles. The number of carbonyl (C=O) groups is 1. The zero-order chi connectivity index (χ0) is 12.5. The molecule has 0 atom stereocenters. The lowest BCUT2D eigenvalue weighted by Gasteiger charge is -2.04. The highest BCUT2D eigenvalue weighted by Crippen LogP contribution is 2.12. The zero-order valence-electron chi connectivity index (χ0n) is 11.0. The maximum Gasteiger partial charge on any atom is 0.164 e. The first-order valence-electron chi connectivity index (χ1n) is 6.69. The predicted molar refractivity (Wildman–Crippen MR) is 71.3 cm³/mol. The smallest absolute Gasteiger partial charge is 0.164 e. The summed E-state index contributed by atoms with van der Waals surface area (Å²) in [7, 11) is 0. The Labute approximate surface area is 104 Å². The summed E-state index contributed by atoms with van der Waals surface area (Å²) >= 11 is 0. The van der Waals surface area contributed by atoms with Crippen molar-refractivity contribution in [2.75, 3.05) is 0 Å². The fourth-order valence-electron chi connectivity index (χ4n) is 1.96. The number of nitrogens with zero attached hydrogens (tertiary/aromatic N) is 1. The van der Waals surface area contributed by atoms with Gasteiger partial charge in [-0.1, -0.05) is 39.0 Å². The third-order valence-electron chi connectivity index (χ3n) is 3.10. The number of aryl methyl sites for hydroxylation is 1. The molecule has 94 valence electrons. The molecule has 0 aliphatic heterocycles. The predicted octanol–water partition coefficient (Wildman–Crippen LogP) is 4.32. The number of pyridine rings is 1. The Morgan fingerprint density at radius 3 is 2.59 bits per heavy atom. The van der Waals surface area contributed by atoms with Crippen LogP contribution in [0.5, 0.6) is 0 Å². The molecule has 0 unspecified atom stereocenters. The first kappa shape index (κ1) is 13.9. The Bertz CT molecular complexity index is 347. The van der Waals surface area contributed by atoms with Crippen LogP contribution < -0.4 is 0 Å². The zero-order valence-corrected chi connectivity index (χ0v) is 11.0. The number of hydrogen-bond acceptors (Lipinski definition) is 2. The van der Waals surface area contributed by atoms with Gasteiger partial charge in [-0.3, -0.25) is 9.78 Å². The summed E-state index contributed by atoms with van der Waals surface area (Å²) in [5, 5.41) is 0. The van der Waals surface area contributed by atoms with Gasteiger partial charge in [-0.25, -0.2) is 0 Å². The average Bonchev–Trinajstić information content (AvgIpc) is 2.34. The molecule has 2 heteroatoms. The van der Waals surface area contributed by atoms with Crippen molar-refractivity contribution in [1.82, 2.24) is 4.98 Å². The minimum absolute atomic E-state index is 0.242. The molecule has 17 heavy (non-hydrogen) atoms. The molecule has 2 nitrogen and oxygen atoms in total. The van der Waals surface area contributed by atoms with Gasteiger partial charge in [0.05, 0.1) is 0 Å². The standard InChI is InChI=1S/C15H23NO/c1-3-4-5-6-7-8-9-15(17)14-12-16-11-10-13(14)2/h10-12H,3-9H2,1-2H3. The Morgan fingerprint density at radius 1 is 1.18 bits per heavy atom. The van der Waals surface area contributed by atoms with Gasteiger partial charge in [0.2, 0.25) is 0 Å². The van der Waals surface area contributed by atoms with E-state index >= 15 is 0 Å². The van der Waals surface area contributed by atoms with Crippen molar-refractivity contribution in [2.45, 2.75) is 58.8 Å². The maximum atomic E-state index is 11.9. The summed E-state index contributed by atoms with van der Waals surface area (Å²) in [6, 6.07) is 1.90. The number of Topliss-reactive ketones (excluding diaryl/α,β-unsaturated/α-hetero) is 1. The van der Waals surface area contributed by atoms with Gasteiger partial charge < -0.3 is 0 Å². The van der Waals surface area contributed by atoms with Gasteiger partial charge in [0.15, 0.2) is 5.78 Å². The molecule has 0 aliphatic carbocycles. The Kier molecular flexibility index (Phi) is 6.53. The van der Waals surface area contributed by atoms with Crippen molar-refractivity contribution in [3.8, 4) is 0 Å². The molecule has 0 bridgehead atoms. The van der Waals surface area contributed by atoms with E-state index in [1.54, 1.807) is 12.4 Å². The molecule has 0 saturated carbocycles. The first-order valence-corrected chi connectivity index (χ1v) is 6.69. The molecule has 0 N–H and O–H groups in total. The fourth-order valence-corrected chi connectivity index (χ4v) is 1.96. The van der Waals surface area contributed by atoms with Crippen LogP contribution in [0.2, 0.25) is 0 Å². The fraction of sp³-hybridized carbons (Fsp3) is 0.600. The normalized spacial score (nSPS) is 10.5. The second-order valence-corrected chi connectivity index (χ2v) is 4.63. The van der Waals surface area contributed by atoms with Gasteiger partial charge in [-0.15, -0.1) is 0 Å². The Morgan fingerprint density at radius 2 is 1.88 bits per heavy atom. The van der Waals surface area contributed by atoms with Gasteiger partial charge in [0, 0.05) is 24.4 Å². The van der Waals surface area contributed by atoms with Gasteiger partial charge >= 0.3 is 0 Å². The molecule has 1 heterocycles. The molecular weight excluding hydrogens is 210 g/mol. The molecule has 0 aliphatic rings. The van der Waals surface area contributed by atoms with Crippen LogP contribution in [0.15, 0.2) is 18.5 Å². The topological polar surface area (TPSA) is 30.0 Å². The summed E-state index contributed by atoms with van der Waals surface area (Å²) in [5.74, 6) is 0.242. The Balaban J connectivity index is 2.24. The van der Waals surface area contributed by atoms with E-state index in [9.17, 15) is 4.79 Å². The number of rotatable bonds is 8. The van der Waals surface area contributed by atoms with Crippen LogP contribution >= 0.6 is 0 Å². The van der Waals surface area contributed by atoms with Crippen LogP contribution in [0.1, 0.15) is 67.8 Å². The van der Waals surface area contributed by atoms with Crippen molar-refractivity contribution in [3.63, 3.8) is 0 Å². The van der Waals surface area contributed by atoms with E-state index in [4.69, 9.17) is 0 Å². The number of unbranched alkanes of at least 4 members (excludes halogenated alkanes) is 5. The third kappa shape index (κ3) is 5.12. The summed E-state index contributed by atoms with van der Waals surface area (Å²) in [5.41, 5.74) is 1.83. The average molecular weight is 233 g/mol. The van der Waals surface area contributed by atoms with E-state index in [-0.39, 0.29) is 5.78 Å². The number of carbonyl (C=O) groups excluding carboxylic acids is 1. The van der Waals surface area contributed by atoms with Crippen molar-refractivity contribution in [2.24, 2.45) is 0 Å². The van der Waals surface area contributed by atoms with E-state index in [0.717, 1.165) is 17.5 Å². The first-order chi connectivity index (χ1) is 8.25. The monoisotopic (exact) mass is 233 g/mol. The lowest BCUT2D eigenvalue weighted by atomic mass is 10.0. The highest BCUT2D eigenvalue weighted by atomic mass is 16.1. The van der Waals surface area contributed by atoms with Gasteiger partial charge in [0.1, 0.15) is 0 Å². The van der Waals surface area contributed by atoms with Crippen LogP contribution in [-0.2, 0) is 0 Å². The number of hydrogen-bond donors (Lipinski definition) is 0. The van der Waals surface area contributed by atoms with Crippen LogP contribution in [0.25, 0.3) is 0 Å². The van der Waals surface area contributed by atoms with E-state index in [2.05, 4.69) is 11.9 Å². The number of ketones is 1. The van der Waals surface area contributed by atoms with Crippen LogP contribution in [-0.4, -0.2) is 10.8 Å². The summed E-state index contributed by atoms with van der Waals surface area (Å²) in [4.78, 5) is 15.9. The van der Waals surface area contributed by atoms with E-state index in [1.165, 1.54) is 32.1 Å². The summed E-state index contributed by atoms with van der Waals surface area (Å²) < 4.78 is 0. The van der Waals surface area contributed by atoms with Crippen molar-refractivity contribution >= 4 is 5.78 Å². The second-order valence-electron chi connectivity index (χ2n) is 4.63. The molecule has 0 fully saturated rings. The summed E-state index contributed by atoms with van der Waals surface area (Å²) in [6.45, 7) is 4.19. The van der Waals surface area contributed by atoms with E-state index in [0.29, 0.717) is 6.42 Å². The lowest BCUT2D eigenvalue weighted by molar-refractivity contribution is 0.0978. The highest BCUT2D eigenvalue weighted by Gasteiger charge is 2.08. The van der Waals surface area contributed by atoms with Crippen molar-refractivity contribution in [1.29, 1.82) is 0 Å². The largest absolute Gasteiger partial charge is 0.294 e. The highest BCUT2D eigenvalue weighted by molar-refractivity contribution is 5.97. The molecule has 0 spiro atoms. The van der Waals surface area contributed by atoms with Crippen LogP contribution in [0.4, 0.5) is 0 Å². The molecule has 0 amide bonds. The lowest BCUT2D eigenvalue weighted by Crippen LogP contribution is -2.02. The number of aromatic nitrogens is 1. The van der Waals surface area contributed by atoms with E-state index < -0.39 is 0 Å². The molecule has 1 aromatic rings. The summed E-state index contributed by atoms with van der Waals surface area (Å²) in [6.07, 6.45) is 11.4. The molecule has 1 aromatic heterocycles. The van der Waals surface area contributed by atoms with Gasteiger partial charge in [-0.2, -0.15) is 0 Å². The molecule has 1 rings (SSSR count). The van der Waals surface area contributed by atoms with Gasteiger partial charge in [-0.05, 0) is 25.0 Å². The third-order valence-corrected chi connectivity index (χ3v) is 3.10. The van der Waals surface area contributed by atoms with Crippen LogP contribution in [0.3, 0.4) is 0 Å². The molecule has 0 aromatic carbocycles. The SMILES string of the molecule is CCCCCCCCC(=O)c1cnccc1C. The maximum absolute atomic E-state index is 11.9.